The van der Waals surface area contributed by atoms with E-state index in [0.29, 0.717) is 29.3 Å². The fraction of sp³-hybridized carbons (Fsp3) is 0.304. The molecule has 0 aliphatic carbocycles. The fourth-order valence-electron chi connectivity index (χ4n) is 3.93. The van der Waals surface area contributed by atoms with Crippen molar-refractivity contribution in [1.82, 2.24) is 9.80 Å². The molecule has 1 fully saturated rings. The number of benzene rings is 2. The number of piperidine rings is 1. The van der Waals surface area contributed by atoms with Crippen molar-refractivity contribution < 1.29 is 9.59 Å². The zero-order chi connectivity index (χ0) is 19.5. The lowest BCUT2D eigenvalue weighted by atomic mass is 10.0. The van der Waals surface area contributed by atoms with Crippen molar-refractivity contribution in [3.8, 4) is 0 Å². The summed E-state index contributed by atoms with van der Waals surface area (Å²) >= 11 is 5.95. The maximum atomic E-state index is 13.3. The normalized spacial score (nSPS) is 17.6. The number of carbonyl (C=O) groups is 2. The Morgan fingerprint density at radius 1 is 0.821 bits per heavy atom. The Morgan fingerprint density at radius 3 is 2.18 bits per heavy atom. The minimum Gasteiger partial charge on any atom is -0.366 e. The maximum Gasteiger partial charge on any atom is 0.277 e. The van der Waals surface area contributed by atoms with Crippen LogP contribution in [-0.2, 0) is 16.0 Å². The van der Waals surface area contributed by atoms with Gasteiger partial charge in [0.2, 0.25) is 0 Å². The maximum absolute atomic E-state index is 13.3. The largest absolute Gasteiger partial charge is 0.366 e. The van der Waals surface area contributed by atoms with Crippen LogP contribution < -0.4 is 0 Å². The van der Waals surface area contributed by atoms with Gasteiger partial charge in [0.1, 0.15) is 5.70 Å². The summed E-state index contributed by atoms with van der Waals surface area (Å²) in [6.45, 7) is 2.03. The van der Waals surface area contributed by atoms with Crippen LogP contribution in [0, 0.1) is 0 Å². The van der Waals surface area contributed by atoms with Gasteiger partial charge in [0.05, 0.1) is 5.57 Å². The third-order valence-corrected chi connectivity index (χ3v) is 5.67. The van der Waals surface area contributed by atoms with E-state index in [-0.39, 0.29) is 11.8 Å². The molecule has 28 heavy (non-hydrogen) atoms. The third kappa shape index (κ3) is 3.69. The van der Waals surface area contributed by atoms with Crippen LogP contribution in [0.5, 0.6) is 0 Å². The Labute approximate surface area is 170 Å². The fourth-order valence-corrected chi connectivity index (χ4v) is 4.06. The highest BCUT2D eigenvalue weighted by Crippen LogP contribution is 2.33. The lowest BCUT2D eigenvalue weighted by Gasteiger charge is -2.29. The molecule has 0 unspecified atom stereocenters. The van der Waals surface area contributed by atoms with Gasteiger partial charge in [-0.3, -0.25) is 14.5 Å². The third-order valence-electron chi connectivity index (χ3n) is 5.42. The summed E-state index contributed by atoms with van der Waals surface area (Å²) in [5.41, 5.74) is 2.99. The molecule has 2 heterocycles. The Kier molecular flexibility index (Phi) is 5.49. The first kappa shape index (κ1) is 18.8. The standard InChI is InChI=1S/C23H23ClN2O2/c24-19-11-9-17(10-12-19)13-16-26-22(27)20(18-7-3-1-4-8-18)21(23(26)28)25-14-5-2-6-15-25/h1,3-4,7-12H,2,5-6,13-16H2. The molecule has 0 radical (unpaired) electrons. The van der Waals surface area contributed by atoms with Crippen molar-refractivity contribution in [2.75, 3.05) is 19.6 Å². The number of rotatable bonds is 5. The molecule has 1 saturated heterocycles. The van der Waals surface area contributed by atoms with Crippen LogP contribution in [0.2, 0.25) is 5.02 Å². The number of carbonyl (C=O) groups excluding carboxylic acids is 2. The summed E-state index contributed by atoms with van der Waals surface area (Å²) in [6, 6.07) is 17.1. The second kappa shape index (κ2) is 8.19. The van der Waals surface area contributed by atoms with Crippen molar-refractivity contribution in [1.29, 1.82) is 0 Å². The quantitative estimate of drug-likeness (QED) is 0.715. The van der Waals surface area contributed by atoms with Crippen LogP contribution in [-0.4, -0.2) is 41.2 Å². The highest BCUT2D eigenvalue weighted by molar-refractivity contribution is 6.35. The van der Waals surface area contributed by atoms with Gasteiger partial charge in [-0.05, 0) is 48.9 Å². The molecule has 0 atom stereocenters. The average Bonchev–Trinajstić information content (AvgIpc) is 2.99. The van der Waals surface area contributed by atoms with Crippen molar-refractivity contribution in [2.24, 2.45) is 0 Å². The smallest absolute Gasteiger partial charge is 0.277 e. The first-order valence-corrected chi connectivity index (χ1v) is 10.2. The summed E-state index contributed by atoms with van der Waals surface area (Å²) in [4.78, 5) is 30.0. The number of nitrogens with zero attached hydrogens (tertiary/aromatic N) is 2. The van der Waals surface area contributed by atoms with Gasteiger partial charge >= 0.3 is 0 Å². The molecule has 0 spiro atoms. The summed E-state index contributed by atoms with van der Waals surface area (Å²) < 4.78 is 0. The molecule has 2 aromatic carbocycles. The number of amides is 2. The summed E-state index contributed by atoms with van der Waals surface area (Å²) in [7, 11) is 0. The van der Waals surface area contributed by atoms with Gasteiger partial charge in [0, 0.05) is 24.7 Å². The zero-order valence-electron chi connectivity index (χ0n) is 15.7. The molecule has 0 aromatic heterocycles. The molecule has 2 amide bonds. The molecule has 0 saturated carbocycles. The first-order chi connectivity index (χ1) is 13.6. The van der Waals surface area contributed by atoms with Crippen molar-refractivity contribution in [2.45, 2.75) is 25.7 Å². The summed E-state index contributed by atoms with van der Waals surface area (Å²) in [5, 5.41) is 0.678. The second-order valence-electron chi connectivity index (χ2n) is 7.28. The molecule has 144 valence electrons. The molecular weight excluding hydrogens is 372 g/mol. The lowest BCUT2D eigenvalue weighted by molar-refractivity contribution is -0.137. The molecule has 4 rings (SSSR count). The number of hydrogen-bond acceptors (Lipinski definition) is 3. The molecule has 2 aliphatic heterocycles. The van der Waals surface area contributed by atoms with Gasteiger partial charge in [0.15, 0.2) is 0 Å². The Balaban J connectivity index is 1.62. The van der Waals surface area contributed by atoms with Crippen molar-refractivity contribution >= 4 is 29.0 Å². The predicted octanol–water partition coefficient (Wildman–Crippen LogP) is 4.15. The van der Waals surface area contributed by atoms with Crippen molar-refractivity contribution in [3.05, 3.63) is 76.4 Å². The summed E-state index contributed by atoms with van der Waals surface area (Å²) in [5.74, 6) is -0.356. The van der Waals surface area contributed by atoms with Crippen LogP contribution in [0.25, 0.3) is 5.57 Å². The summed E-state index contributed by atoms with van der Waals surface area (Å²) in [6.07, 6.45) is 3.90. The molecule has 0 bridgehead atoms. The highest BCUT2D eigenvalue weighted by atomic mass is 35.5. The predicted molar refractivity (Wildman–Crippen MR) is 111 cm³/mol. The van der Waals surface area contributed by atoms with E-state index in [9.17, 15) is 9.59 Å². The van der Waals surface area contributed by atoms with Gasteiger partial charge in [-0.1, -0.05) is 54.1 Å². The zero-order valence-corrected chi connectivity index (χ0v) is 16.5. The van der Waals surface area contributed by atoms with Crippen LogP contribution >= 0.6 is 11.6 Å². The first-order valence-electron chi connectivity index (χ1n) is 9.80. The molecule has 4 nitrogen and oxygen atoms in total. The van der Waals surface area contributed by atoms with Crippen LogP contribution in [0.15, 0.2) is 60.3 Å². The molecular formula is C23H23ClN2O2. The minimum atomic E-state index is -0.189. The Hall–Kier alpha value is -2.59. The molecule has 5 heteroatoms. The number of halogens is 1. The van der Waals surface area contributed by atoms with E-state index in [1.165, 1.54) is 11.3 Å². The van der Waals surface area contributed by atoms with E-state index < -0.39 is 0 Å². The molecule has 2 aromatic rings. The van der Waals surface area contributed by atoms with Gasteiger partial charge in [0.25, 0.3) is 11.8 Å². The van der Waals surface area contributed by atoms with E-state index in [1.807, 2.05) is 54.6 Å². The van der Waals surface area contributed by atoms with Crippen LogP contribution in [0.3, 0.4) is 0 Å². The van der Waals surface area contributed by atoms with E-state index >= 15 is 0 Å². The SMILES string of the molecule is O=C1C(c2ccccc2)=C(N2CCCCC2)C(=O)N1CCc1ccc(Cl)cc1. The van der Waals surface area contributed by atoms with E-state index in [0.717, 1.165) is 37.1 Å². The van der Waals surface area contributed by atoms with E-state index in [1.54, 1.807) is 0 Å². The average molecular weight is 395 g/mol. The van der Waals surface area contributed by atoms with Crippen molar-refractivity contribution in [3.63, 3.8) is 0 Å². The van der Waals surface area contributed by atoms with Gasteiger partial charge in [-0.2, -0.15) is 0 Å². The number of imide groups is 1. The molecule has 2 aliphatic rings. The van der Waals surface area contributed by atoms with E-state index in [4.69, 9.17) is 11.6 Å². The lowest BCUT2D eigenvalue weighted by Crippen LogP contribution is -2.38. The van der Waals surface area contributed by atoms with Crippen LogP contribution in [0.1, 0.15) is 30.4 Å². The van der Waals surface area contributed by atoms with Gasteiger partial charge < -0.3 is 4.90 Å². The van der Waals surface area contributed by atoms with Crippen LogP contribution in [0.4, 0.5) is 0 Å². The number of likely N-dealkylation sites (tertiary alicyclic amines) is 1. The second-order valence-corrected chi connectivity index (χ2v) is 7.71. The Bertz CT molecular complexity index is 900. The topological polar surface area (TPSA) is 40.6 Å². The number of hydrogen-bond donors (Lipinski definition) is 0. The monoisotopic (exact) mass is 394 g/mol. The van der Waals surface area contributed by atoms with E-state index in [2.05, 4.69) is 4.90 Å². The van der Waals surface area contributed by atoms with Gasteiger partial charge in [-0.15, -0.1) is 0 Å². The minimum absolute atomic E-state index is 0.167. The Morgan fingerprint density at radius 2 is 1.50 bits per heavy atom. The van der Waals surface area contributed by atoms with Gasteiger partial charge in [-0.25, -0.2) is 0 Å². The molecule has 0 N–H and O–H groups in total. The highest BCUT2D eigenvalue weighted by Gasteiger charge is 2.41.